The summed E-state index contributed by atoms with van der Waals surface area (Å²) in [5.41, 5.74) is 7.19. The zero-order valence-electron chi connectivity index (χ0n) is 18.9. The number of fused-ring (bicyclic) bond motifs is 1. The number of para-hydroxylation sites is 3. The summed E-state index contributed by atoms with van der Waals surface area (Å²) in [6.45, 7) is 4.49. The van der Waals surface area contributed by atoms with E-state index in [1.807, 2.05) is 92.7 Å². The van der Waals surface area contributed by atoms with E-state index in [2.05, 4.69) is 20.5 Å². The van der Waals surface area contributed by atoms with Crippen molar-refractivity contribution in [1.29, 1.82) is 0 Å². The Morgan fingerprint density at radius 2 is 1.71 bits per heavy atom. The van der Waals surface area contributed by atoms with E-state index < -0.39 is 0 Å². The number of aromatic amines is 1. The predicted octanol–water partition coefficient (Wildman–Crippen LogP) is 5.69. The van der Waals surface area contributed by atoms with Crippen LogP contribution in [0.4, 0.5) is 5.95 Å². The molecular weight excluding hydrogens is 428 g/mol. The standard InChI is InChI=1S/C26H24N6O2/c1-3-33-20-13-15-21(16-14-20)34-25-22(18(2)31-32(25)19-9-5-4-6-10-19)17-27-30-26-28-23-11-7-8-12-24(23)29-26/h4-17H,3H2,1-2H3,(H2,28,29,30)/b27-17+. The van der Waals surface area contributed by atoms with Crippen molar-refractivity contribution in [2.24, 2.45) is 5.10 Å². The Labute approximate surface area is 196 Å². The number of H-pyrrole nitrogens is 1. The molecule has 0 aliphatic heterocycles. The van der Waals surface area contributed by atoms with E-state index in [-0.39, 0.29) is 0 Å². The lowest BCUT2D eigenvalue weighted by Gasteiger charge is -2.11. The number of rotatable bonds is 8. The van der Waals surface area contributed by atoms with Gasteiger partial charge in [-0.2, -0.15) is 14.9 Å². The number of hydrogen-bond donors (Lipinski definition) is 2. The Bertz CT molecular complexity index is 1390. The van der Waals surface area contributed by atoms with Gasteiger partial charge in [0, 0.05) is 0 Å². The number of hydrogen-bond acceptors (Lipinski definition) is 6. The van der Waals surface area contributed by atoms with Gasteiger partial charge in [0.25, 0.3) is 0 Å². The molecule has 0 atom stereocenters. The van der Waals surface area contributed by atoms with Gasteiger partial charge in [-0.05, 0) is 62.4 Å². The molecule has 0 radical (unpaired) electrons. The smallest absolute Gasteiger partial charge is 0.231 e. The van der Waals surface area contributed by atoms with Crippen LogP contribution in [-0.2, 0) is 0 Å². The second kappa shape index (κ2) is 9.50. The lowest BCUT2D eigenvalue weighted by atomic mass is 10.2. The Hall–Kier alpha value is -4.59. The van der Waals surface area contributed by atoms with Crippen molar-refractivity contribution in [3.05, 3.63) is 90.1 Å². The molecule has 0 bridgehead atoms. The summed E-state index contributed by atoms with van der Waals surface area (Å²) in [5.74, 6) is 2.57. The van der Waals surface area contributed by atoms with Crippen LogP contribution in [0.25, 0.3) is 16.7 Å². The van der Waals surface area contributed by atoms with Crippen LogP contribution in [0.1, 0.15) is 18.2 Å². The number of nitrogens with one attached hydrogen (secondary N) is 2. The fraction of sp³-hybridized carbons (Fsp3) is 0.115. The van der Waals surface area contributed by atoms with Crippen molar-refractivity contribution in [3.8, 4) is 23.1 Å². The molecule has 3 aromatic carbocycles. The van der Waals surface area contributed by atoms with Crippen molar-refractivity contribution in [2.45, 2.75) is 13.8 Å². The lowest BCUT2D eigenvalue weighted by molar-refractivity contribution is 0.339. The van der Waals surface area contributed by atoms with E-state index in [0.717, 1.165) is 33.7 Å². The number of ether oxygens (including phenoxy) is 2. The minimum absolute atomic E-state index is 0.555. The highest BCUT2D eigenvalue weighted by molar-refractivity contribution is 5.85. The van der Waals surface area contributed by atoms with Crippen molar-refractivity contribution in [1.82, 2.24) is 19.7 Å². The van der Waals surface area contributed by atoms with E-state index in [0.29, 0.717) is 24.2 Å². The van der Waals surface area contributed by atoms with Crippen LogP contribution in [0, 0.1) is 6.92 Å². The van der Waals surface area contributed by atoms with Gasteiger partial charge in [0.05, 0.1) is 40.8 Å². The number of anilines is 1. The van der Waals surface area contributed by atoms with Gasteiger partial charge in [0.15, 0.2) is 0 Å². The highest BCUT2D eigenvalue weighted by Gasteiger charge is 2.18. The maximum atomic E-state index is 6.30. The molecule has 34 heavy (non-hydrogen) atoms. The quantitative estimate of drug-likeness (QED) is 0.233. The zero-order chi connectivity index (χ0) is 23.3. The summed E-state index contributed by atoms with van der Waals surface area (Å²) in [4.78, 5) is 7.69. The number of nitrogens with zero attached hydrogens (tertiary/aromatic N) is 4. The largest absolute Gasteiger partial charge is 0.494 e. The summed E-state index contributed by atoms with van der Waals surface area (Å²) < 4.78 is 13.6. The molecule has 0 aliphatic rings. The minimum Gasteiger partial charge on any atom is -0.494 e. The average molecular weight is 453 g/mol. The molecule has 5 rings (SSSR count). The van der Waals surface area contributed by atoms with Gasteiger partial charge in [-0.15, -0.1) is 0 Å². The third-order valence-electron chi connectivity index (χ3n) is 5.17. The first kappa shape index (κ1) is 21.3. The van der Waals surface area contributed by atoms with Crippen LogP contribution in [-0.4, -0.2) is 32.6 Å². The number of aromatic nitrogens is 4. The van der Waals surface area contributed by atoms with Crippen LogP contribution in [0.3, 0.4) is 0 Å². The van der Waals surface area contributed by atoms with Gasteiger partial charge < -0.3 is 14.5 Å². The van der Waals surface area contributed by atoms with E-state index in [1.54, 1.807) is 10.9 Å². The summed E-state index contributed by atoms with van der Waals surface area (Å²) in [5, 5.41) is 9.10. The summed E-state index contributed by atoms with van der Waals surface area (Å²) >= 11 is 0. The molecule has 0 unspecified atom stereocenters. The molecule has 0 saturated carbocycles. The average Bonchev–Trinajstić information content (AvgIpc) is 3.42. The summed E-state index contributed by atoms with van der Waals surface area (Å²) in [6, 6.07) is 25.2. The first-order valence-corrected chi connectivity index (χ1v) is 11.0. The van der Waals surface area contributed by atoms with Gasteiger partial charge in [-0.3, -0.25) is 0 Å². The molecule has 0 amide bonds. The third-order valence-corrected chi connectivity index (χ3v) is 5.17. The number of aryl methyl sites for hydroxylation is 1. The molecule has 0 fully saturated rings. The fourth-order valence-electron chi connectivity index (χ4n) is 3.56. The van der Waals surface area contributed by atoms with Crippen LogP contribution in [0.2, 0.25) is 0 Å². The second-order valence-corrected chi connectivity index (χ2v) is 7.53. The van der Waals surface area contributed by atoms with E-state index in [9.17, 15) is 0 Å². The number of hydrazone groups is 1. The Kier molecular flexibility index (Phi) is 5.94. The highest BCUT2D eigenvalue weighted by atomic mass is 16.5. The fourth-order valence-corrected chi connectivity index (χ4v) is 3.56. The Balaban J connectivity index is 1.46. The Morgan fingerprint density at radius 1 is 0.971 bits per heavy atom. The number of imidazole rings is 1. The van der Waals surface area contributed by atoms with Crippen molar-refractivity contribution >= 4 is 23.2 Å². The van der Waals surface area contributed by atoms with Crippen molar-refractivity contribution in [3.63, 3.8) is 0 Å². The maximum Gasteiger partial charge on any atom is 0.231 e. The second-order valence-electron chi connectivity index (χ2n) is 7.53. The van der Waals surface area contributed by atoms with Crippen LogP contribution >= 0.6 is 0 Å². The van der Waals surface area contributed by atoms with E-state index in [1.165, 1.54) is 0 Å². The maximum absolute atomic E-state index is 6.30. The number of benzene rings is 3. The molecule has 0 spiro atoms. The van der Waals surface area contributed by atoms with Crippen LogP contribution in [0.15, 0.2) is 84.0 Å². The van der Waals surface area contributed by atoms with Gasteiger partial charge in [0.1, 0.15) is 11.5 Å². The lowest BCUT2D eigenvalue weighted by Crippen LogP contribution is -2.01. The molecule has 8 heteroatoms. The van der Waals surface area contributed by atoms with Crippen molar-refractivity contribution in [2.75, 3.05) is 12.0 Å². The van der Waals surface area contributed by atoms with Gasteiger partial charge in [-0.1, -0.05) is 30.3 Å². The molecule has 2 aromatic heterocycles. The van der Waals surface area contributed by atoms with Gasteiger partial charge in [0.2, 0.25) is 11.8 Å². The topological polar surface area (TPSA) is 89.3 Å². The highest BCUT2D eigenvalue weighted by Crippen LogP contribution is 2.30. The summed E-state index contributed by atoms with van der Waals surface area (Å²) in [7, 11) is 0. The van der Waals surface area contributed by atoms with Gasteiger partial charge >= 0.3 is 0 Å². The monoisotopic (exact) mass is 452 g/mol. The van der Waals surface area contributed by atoms with E-state index >= 15 is 0 Å². The zero-order valence-corrected chi connectivity index (χ0v) is 18.9. The van der Waals surface area contributed by atoms with Gasteiger partial charge in [-0.25, -0.2) is 10.4 Å². The first-order valence-electron chi connectivity index (χ1n) is 11.0. The molecule has 2 N–H and O–H groups in total. The molecule has 5 aromatic rings. The normalized spacial score (nSPS) is 11.2. The third kappa shape index (κ3) is 4.47. The van der Waals surface area contributed by atoms with Crippen molar-refractivity contribution < 1.29 is 9.47 Å². The molecule has 170 valence electrons. The molecular formula is C26H24N6O2. The molecule has 0 aliphatic carbocycles. The summed E-state index contributed by atoms with van der Waals surface area (Å²) in [6.07, 6.45) is 1.69. The van der Waals surface area contributed by atoms with E-state index in [4.69, 9.17) is 14.6 Å². The first-order chi connectivity index (χ1) is 16.7. The SMILES string of the molecule is CCOc1ccc(Oc2c(/C=N/Nc3nc4ccccc4[nH]3)c(C)nn2-c2ccccc2)cc1. The molecule has 8 nitrogen and oxygen atoms in total. The minimum atomic E-state index is 0.555. The molecule has 0 saturated heterocycles. The Morgan fingerprint density at radius 3 is 2.47 bits per heavy atom. The molecule has 2 heterocycles. The van der Waals surface area contributed by atoms with Crippen LogP contribution in [0.5, 0.6) is 17.4 Å². The predicted molar refractivity (Wildman–Crippen MR) is 133 cm³/mol. The van der Waals surface area contributed by atoms with Crippen LogP contribution < -0.4 is 14.9 Å².